The van der Waals surface area contributed by atoms with Crippen molar-refractivity contribution in [2.75, 3.05) is 20.1 Å². The third kappa shape index (κ3) is 5.80. The average molecular weight is 282 g/mol. The molecule has 0 radical (unpaired) electrons. The minimum absolute atomic E-state index is 0.0276. The molecule has 5 nitrogen and oxygen atoms in total. The van der Waals surface area contributed by atoms with E-state index in [1.54, 1.807) is 0 Å². The van der Waals surface area contributed by atoms with Gasteiger partial charge in [0.25, 0.3) is 0 Å². The number of alkyl halides is 3. The molecule has 1 aliphatic rings. The molecular formula is C11H17F3N2O3. The standard InChI is InChI=1S/C11H17F3N2O3/c1-15(7-5-11(12,13)14)10(19)16(8-2-3-8)6-4-9(17)18/h8H,2-7H2,1H3,(H,17,18). The zero-order chi connectivity index (χ0) is 14.6. The SMILES string of the molecule is CN(CCC(F)(F)F)C(=O)N(CCC(=O)O)C1CC1. The van der Waals surface area contributed by atoms with E-state index in [9.17, 15) is 22.8 Å². The lowest BCUT2D eigenvalue weighted by atomic mass is 10.3. The number of amides is 2. The minimum atomic E-state index is -4.31. The van der Waals surface area contributed by atoms with E-state index in [0.29, 0.717) is 0 Å². The molecule has 1 N–H and O–H groups in total. The van der Waals surface area contributed by atoms with Crippen LogP contribution >= 0.6 is 0 Å². The number of carboxylic acids is 1. The lowest BCUT2D eigenvalue weighted by Gasteiger charge is -2.28. The van der Waals surface area contributed by atoms with Crippen LogP contribution in [-0.2, 0) is 4.79 Å². The van der Waals surface area contributed by atoms with Crippen molar-refractivity contribution in [3.05, 3.63) is 0 Å². The Balaban J connectivity index is 2.48. The number of hydrogen-bond acceptors (Lipinski definition) is 2. The van der Waals surface area contributed by atoms with Crippen LogP contribution < -0.4 is 0 Å². The van der Waals surface area contributed by atoms with Crippen LogP contribution in [0.15, 0.2) is 0 Å². The summed E-state index contributed by atoms with van der Waals surface area (Å²) < 4.78 is 36.2. The van der Waals surface area contributed by atoms with Gasteiger partial charge in [-0.25, -0.2) is 4.79 Å². The summed E-state index contributed by atoms with van der Waals surface area (Å²) >= 11 is 0. The van der Waals surface area contributed by atoms with E-state index >= 15 is 0 Å². The number of urea groups is 1. The van der Waals surface area contributed by atoms with Gasteiger partial charge >= 0.3 is 18.2 Å². The second-order valence-corrected chi connectivity index (χ2v) is 4.64. The molecule has 0 bridgehead atoms. The Bertz CT molecular complexity index is 343. The Morgan fingerprint density at radius 3 is 2.26 bits per heavy atom. The van der Waals surface area contributed by atoms with Gasteiger partial charge < -0.3 is 14.9 Å². The number of nitrogens with zero attached hydrogens (tertiary/aromatic N) is 2. The molecule has 0 heterocycles. The molecule has 110 valence electrons. The third-order valence-corrected chi connectivity index (χ3v) is 2.86. The molecule has 1 aliphatic carbocycles. The fourth-order valence-electron chi connectivity index (χ4n) is 1.65. The Kier molecular flexibility index (Phi) is 5.02. The van der Waals surface area contributed by atoms with E-state index in [0.717, 1.165) is 17.7 Å². The summed E-state index contributed by atoms with van der Waals surface area (Å²) in [5.41, 5.74) is 0. The topological polar surface area (TPSA) is 60.9 Å². The minimum Gasteiger partial charge on any atom is -0.481 e. The number of rotatable bonds is 6. The highest BCUT2D eigenvalue weighted by Crippen LogP contribution is 2.28. The first-order chi connectivity index (χ1) is 8.70. The summed E-state index contributed by atoms with van der Waals surface area (Å²) in [4.78, 5) is 24.8. The molecule has 19 heavy (non-hydrogen) atoms. The molecule has 0 unspecified atom stereocenters. The number of carboxylic acid groups (broad SMARTS) is 1. The van der Waals surface area contributed by atoms with E-state index < -0.39 is 31.1 Å². The van der Waals surface area contributed by atoms with Crippen LogP contribution in [0.1, 0.15) is 25.7 Å². The highest BCUT2D eigenvalue weighted by Gasteiger charge is 2.35. The van der Waals surface area contributed by atoms with Crippen molar-refractivity contribution in [2.45, 2.75) is 37.9 Å². The van der Waals surface area contributed by atoms with E-state index in [1.165, 1.54) is 11.9 Å². The van der Waals surface area contributed by atoms with E-state index in [1.807, 2.05) is 0 Å². The third-order valence-electron chi connectivity index (χ3n) is 2.86. The number of hydrogen-bond donors (Lipinski definition) is 1. The largest absolute Gasteiger partial charge is 0.481 e. The number of halogens is 3. The number of carbonyl (C=O) groups excluding carboxylic acids is 1. The first-order valence-electron chi connectivity index (χ1n) is 6.01. The van der Waals surface area contributed by atoms with Gasteiger partial charge in [0, 0.05) is 26.2 Å². The first-order valence-corrected chi connectivity index (χ1v) is 6.01. The molecule has 0 aromatic heterocycles. The van der Waals surface area contributed by atoms with Crippen LogP contribution in [0.2, 0.25) is 0 Å². The van der Waals surface area contributed by atoms with E-state index in [2.05, 4.69) is 0 Å². The summed E-state index contributed by atoms with van der Waals surface area (Å²) in [6, 6.07) is -0.562. The molecule has 2 amide bonds. The van der Waals surface area contributed by atoms with Gasteiger partial charge in [0.2, 0.25) is 0 Å². The van der Waals surface area contributed by atoms with Gasteiger partial charge in [-0.2, -0.15) is 13.2 Å². The van der Waals surface area contributed by atoms with Crippen molar-refractivity contribution < 1.29 is 27.9 Å². The fraction of sp³-hybridized carbons (Fsp3) is 0.818. The highest BCUT2D eigenvalue weighted by atomic mass is 19.4. The van der Waals surface area contributed by atoms with Crippen LogP contribution in [0.4, 0.5) is 18.0 Å². The summed E-state index contributed by atoms with van der Waals surface area (Å²) in [5.74, 6) is -1.03. The van der Waals surface area contributed by atoms with E-state index in [4.69, 9.17) is 5.11 Å². The Morgan fingerprint density at radius 2 is 1.84 bits per heavy atom. The molecule has 0 saturated heterocycles. The lowest BCUT2D eigenvalue weighted by molar-refractivity contribution is -0.137. The molecule has 1 fully saturated rings. The second-order valence-electron chi connectivity index (χ2n) is 4.64. The van der Waals surface area contributed by atoms with Gasteiger partial charge in [-0.3, -0.25) is 4.79 Å². The van der Waals surface area contributed by atoms with Crippen molar-refractivity contribution >= 4 is 12.0 Å². The van der Waals surface area contributed by atoms with Crippen molar-refractivity contribution in [3.63, 3.8) is 0 Å². The molecule has 0 aromatic rings. The van der Waals surface area contributed by atoms with Gasteiger partial charge in [-0.15, -0.1) is 0 Å². The molecule has 1 saturated carbocycles. The van der Waals surface area contributed by atoms with Crippen LogP contribution in [0.5, 0.6) is 0 Å². The average Bonchev–Trinajstić information content (AvgIpc) is 3.08. The van der Waals surface area contributed by atoms with Crippen LogP contribution in [-0.4, -0.2) is 59.3 Å². The normalized spacial score (nSPS) is 15.2. The Morgan fingerprint density at radius 1 is 1.26 bits per heavy atom. The molecule has 8 heteroatoms. The maximum atomic E-state index is 12.1. The zero-order valence-corrected chi connectivity index (χ0v) is 10.6. The molecule has 0 spiro atoms. The monoisotopic (exact) mass is 282 g/mol. The Hall–Kier alpha value is -1.47. The van der Waals surface area contributed by atoms with Gasteiger partial charge in [0.15, 0.2) is 0 Å². The second kappa shape index (κ2) is 6.12. The van der Waals surface area contributed by atoms with Crippen LogP contribution in [0.3, 0.4) is 0 Å². The predicted molar refractivity (Wildman–Crippen MR) is 60.7 cm³/mol. The van der Waals surface area contributed by atoms with Crippen LogP contribution in [0.25, 0.3) is 0 Å². The quantitative estimate of drug-likeness (QED) is 0.809. The summed E-state index contributed by atoms with van der Waals surface area (Å²) in [5, 5.41) is 8.59. The summed E-state index contributed by atoms with van der Waals surface area (Å²) in [6.45, 7) is -0.381. The van der Waals surface area contributed by atoms with Crippen molar-refractivity contribution in [3.8, 4) is 0 Å². The first kappa shape index (κ1) is 15.6. The smallest absolute Gasteiger partial charge is 0.390 e. The van der Waals surface area contributed by atoms with Crippen LogP contribution in [0, 0.1) is 0 Å². The maximum Gasteiger partial charge on any atom is 0.390 e. The molecule has 0 atom stereocenters. The number of carbonyl (C=O) groups is 2. The van der Waals surface area contributed by atoms with Crippen molar-refractivity contribution in [1.29, 1.82) is 0 Å². The molecule has 1 rings (SSSR count). The summed E-state index contributed by atoms with van der Waals surface area (Å²) in [6.07, 6.45) is -4.01. The van der Waals surface area contributed by atoms with Crippen molar-refractivity contribution in [1.82, 2.24) is 9.80 Å². The maximum absolute atomic E-state index is 12.1. The van der Waals surface area contributed by atoms with Gasteiger partial charge in [0.1, 0.15) is 0 Å². The molecule has 0 aliphatic heterocycles. The Labute approximate surface area is 109 Å². The van der Waals surface area contributed by atoms with Gasteiger partial charge in [-0.1, -0.05) is 0 Å². The molecular weight excluding hydrogens is 265 g/mol. The molecule has 0 aromatic carbocycles. The van der Waals surface area contributed by atoms with Crippen molar-refractivity contribution in [2.24, 2.45) is 0 Å². The van der Waals surface area contributed by atoms with Gasteiger partial charge in [0.05, 0.1) is 12.8 Å². The zero-order valence-electron chi connectivity index (χ0n) is 10.6. The lowest BCUT2D eigenvalue weighted by Crippen LogP contribution is -2.44. The predicted octanol–water partition coefficient (Wildman–Crippen LogP) is 1.93. The highest BCUT2D eigenvalue weighted by molar-refractivity contribution is 5.76. The fourth-order valence-corrected chi connectivity index (χ4v) is 1.65. The van der Waals surface area contributed by atoms with E-state index in [-0.39, 0.29) is 19.0 Å². The van der Waals surface area contributed by atoms with Gasteiger partial charge in [-0.05, 0) is 12.8 Å². The number of aliphatic carboxylic acids is 1. The summed E-state index contributed by atoms with van der Waals surface area (Å²) in [7, 11) is 1.30.